The second-order valence-corrected chi connectivity index (χ2v) is 10.4. The van der Waals surface area contributed by atoms with Gasteiger partial charge < -0.3 is 19.7 Å². The van der Waals surface area contributed by atoms with Crippen LogP contribution in [0.4, 0.5) is 0 Å². The molecule has 38 heavy (non-hydrogen) atoms. The molecule has 0 aromatic heterocycles. The van der Waals surface area contributed by atoms with E-state index in [-0.39, 0.29) is 30.4 Å². The third-order valence-corrected chi connectivity index (χ3v) is 6.39. The summed E-state index contributed by atoms with van der Waals surface area (Å²) in [5.74, 6) is 0.865. The Morgan fingerprint density at radius 2 is 1.58 bits per heavy atom. The van der Waals surface area contributed by atoms with Crippen LogP contribution in [0.25, 0.3) is 0 Å². The van der Waals surface area contributed by atoms with Gasteiger partial charge in [-0.25, -0.2) is 0 Å². The van der Waals surface area contributed by atoms with Crippen LogP contribution < -0.4 is 14.8 Å². The minimum Gasteiger partial charge on any atom is -0.497 e. The molecule has 0 saturated carbocycles. The summed E-state index contributed by atoms with van der Waals surface area (Å²) < 4.78 is 11.3. The van der Waals surface area contributed by atoms with Gasteiger partial charge in [0, 0.05) is 19.5 Å². The van der Waals surface area contributed by atoms with Crippen LogP contribution in [-0.2, 0) is 28.0 Å². The molecule has 0 aliphatic carbocycles. The molecule has 0 fully saturated rings. The fourth-order valence-electron chi connectivity index (χ4n) is 4.17. The van der Waals surface area contributed by atoms with E-state index in [1.807, 2.05) is 85.8 Å². The molecule has 3 aromatic carbocycles. The van der Waals surface area contributed by atoms with Gasteiger partial charge in [0.05, 0.1) is 7.11 Å². The number of carbonyl (C=O) groups is 2. The first-order valence-corrected chi connectivity index (χ1v) is 13.2. The van der Waals surface area contributed by atoms with Gasteiger partial charge in [-0.05, 0) is 52.8 Å². The SMILES string of the molecule is CCCNC(=O)[C@H](Cc1ccccc1)N(Cc1cccc(OC)c1)C(=O)COc1ccc(C(C)(C)C)cc1. The molecule has 2 amide bonds. The lowest BCUT2D eigenvalue weighted by atomic mass is 9.87. The number of nitrogens with zero attached hydrogens (tertiary/aromatic N) is 1. The summed E-state index contributed by atoms with van der Waals surface area (Å²) in [6.45, 7) is 9.08. The molecule has 0 aliphatic heterocycles. The lowest BCUT2D eigenvalue weighted by Gasteiger charge is -2.31. The molecule has 3 aromatic rings. The quantitative estimate of drug-likeness (QED) is 0.343. The standard InChI is InChI=1S/C32H40N2O4/c1-6-19-33-31(36)29(21-24-11-8-7-9-12-24)34(22-25-13-10-14-28(20-25)37-5)30(35)23-38-27-17-15-26(16-18-27)32(2,3)4/h7-18,20,29H,6,19,21-23H2,1-5H3,(H,33,36)/t29-/m0/s1. The Labute approximate surface area is 227 Å². The van der Waals surface area contributed by atoms with E-state index in [1.54, 1.807) is 12.0 Å². The summed E-state index contributed by atoms with van der Waals surface area (Å²) in [6.07, 6.45) is 1.20. The first-order chi connectivity index (χ1) is 18.2. The third kappa shape index (κ3) is 8.37. The molecular weight excluding hydrogens is 476 g/mol. The summed E-state index contributed by atoms with van der Waals surface area (Å²) in [4.78, 5) is 28.7. The molecule has 0 radical (unpaired) electrons. The van der Waals surface area contributed by atoms with E-state index in [0.29, 0.717) is 24.5 Å². The summed E-state index contributed by atoms with van der Waals surface area (Å²) in [5.41, 5.74) is 3.06. The number of benzene rings is 3. The summed E-state index contributed by atoms with van der Waals surface area (Å²) >= 11 is 0. The maximum atomic E-state index is 13.7. The van der Waals surface area contributed by atoms with E-state index in [2.05, 4.69) is 26.1 Å². The van der Waals surface area contributed by atoms with Crippen molar-refractivity contribution in [2.45, 2.75) is 58.5 Å². The minimum absolute atomic E-state index is 0.0262. The van der Waals surface area contributed by atoms with Gasteiger partial charge >= 0.3 is 0 Å². The van der Waals surface area contributed by atoms with Crippen molar-refractivity contribution in [3.05, 3.63) is 95.6 Å². The van der Waals surface area contributed by atoms with Crippen molar-refractivity contribution >= 4 is 11.8 Å². The van der Waals surface area contributed by atoms with E-state index in [4.69, 9.17) is 9.47 Å². The molecule has 3 rings (SSSR count). The number of ether oxygens (including phenoxy) is 2. The maximum absolute atomic E-state index is 13.7. The highest BCUT2D eigenvalue weighted by atomic mass is 16.5. The maximum Gasteiger partial charge on any atom is 0.261 e. The fraction of sp³-hybridized carbons (Fsp3) is 0.375. The third-order valence-electron chi connectivity index (χ3n) is 6.39. The first-order valence-electron chi connectivity index (χ1n) is 13.2. The largest absolute Gasteiger partial charge is 0.497 e. The molecule has 0 spiro atoms. The highest BCUT2D eigenvalue weighted by Crippen LogP contribution is 2.24. The zero-order valence-electron chi connectivity index (χ0n) is 23.2. The van der Waals surface area contributed by atoms with Crippen molar-refractivity contribution in [2.75, 3.05) is 20.3 Å². The zero-order valence-corrected chi connectivity index (χ0v) is 23.2. The highest BCUT2D eigenvalue weighted by Gasteiger charge is 2.30. The average Bonchev–Trinajstić information content (AvgIpc) is 2.92. The fourth-order valence-corrected chi connectivity index (χ4v) is 4.17. The van der Waals surface area contributed by atoms with Gasteiger partial charge in [-0.3, -0.25) is 9.59 Å². The van der Waals surface area contributed by atoms with E-state index in [1.165, 1.54) is 5.56 Å². The number of nitrogens with one attached hydrogen (secondary N) is 1. The molecule has 6 heteroatoms. The number of carbonyl (C=O) groups excluding carboxylic acids is 2. The van der Waals surface area contributed by atoms with Crippen LogP contribution in [0.15, 0.2) is 78.9 Å². The van der Waals surface area contributed by atoms with Crippen LogP contribution in [0, 0.1) is 0 Å². The van der Waals surface area contributed by atoms with Crippen molar-refractivity contribution in [1.29, 1.82) is 0 Å². The number of rotatable bonds is 12. The van der Waals surface area contributed by atoms with Crippen molar-refractivity contribution in [3.63, 3.8) is 0 Å². The second kappa shape index (κ2) is 13.7. The molecule has 6 nitrogen and oxygen atoms in total. The number of amides is 2. The van der Waals surface area contributed by atoms with Crippen LogP contribution in [0.5, 0.6) is 11.5 Å². The normalized spacial score (nSPS) is 11.9. The van der Waals surface area contributed by atoms with Gasteiger partial charge in [-0.1, -0.05) is 82.3 Å². The van der Waals surface area contributed by atoms with Gasteiger partial charge in [0.1, 0.15) is 17.5 Å². The highest BCUT2D eigenvalue weighted by molar-refractivity contribution is 5.88. The lowest BCUT2D eigenvalue weighted by molar-refractivity contribution is -0.142. The van der Waals surface area contributed by atoms with Gasteiger partial charge in [0.15, 0.2) is 6.61 Å². The lowest BCUT2D eigenvalue weighted by Crippen LogP contribution is -2.51. The molecule has 0 saturated heterocycles. The molecule has 1 atom stereocenters. The zero-order chi connectivity index (χ0) is 27.5. The summed E-state index contributed by atoms with van der Waals surface area (Å²) in [5, 5.41) is 2.99. The molecular formula is C32H40N2O4. The van der Waals surface area contributed by atoms with Gasteiger partial charge in [-0.2, -0.15) is 0 Å². The Balaban J connectivity index is 1.88. The molecule has 0 heterocycles. The van der Waals surface area contributed by atoms with Gasteiger partial charge in [0.25, 0.3) is 5.91 Å². The van der Waals surface area contributed by atoms with E-state index >= 15 is 0 Å². The number of hydrogen-bond acceptors (Lipinski definition) is 4. The summed E-state index contributed by atoms with van der Waals surface area (Å²) in [6, 6.07) is 24.4. The number of hydrogen-bond donors (Lipinski definition) is 1. The Morgan fingerprint density at radius 1 is 0.895 bits per heavy atom. The smallest absolute Gasteiger partial charge is 0.261 e. The van der Waals surface area contributed by atoms with Crippen LogP contribution in [0.3, 0.4) is 0 Å². The van der Waals surface area contributed by atoms with Crippen LogP contribution >= 0.6 is 0 Å². The second-order valence-electron chi connectivity index (χ2n) is 10.4. The van der Waals surface area contributed by atoms with E-state index in [0.717, 1.165) is 17.5 Å². The molecule has 202 valence electrons. The molecule has 0 bridgehead atoms. The Morgan fingerprint density at radius 3 is 2.21 bits per heavy atom. The predicted octanol–water partition coefficient (Wildman–Crippen LogP) is 5.54. The summed E-state index contributed by atoms with van der Waals surface area (Å²) in [7, 11) is 1.61. The number of methoxy groups -OCH3 is 1. The first kappa shape index (κ1) is 28.8. The van der Waals surface area contributed by atoms with Crippen LogP contribution in [0.2, 0.25) is 0 Å². The Hall–Kier alpha value is -3.80. The monoisotopic (exact) mass is 516 g/mol. The van der Waals surface area contributed by atoms with Crippen molar-refractivity contribution in [2.24, 2.45) is 0 Å². The van der Waals surface area contributed by atoms with E-state index < -0.39 is 6.04 Å². The van der Waals surface area contributed by atoms with E-state index in [9.17, 15) is 9.59 Å². The van der Waals surface area contributed by atoms with Crippen molar-refractivity contribution < 1.29 is 19.1 Å². The van der Waals surface area contributed by atoms with Crippen molar-refractivity contribution in [3.8, 4) is 11.5 Å². The molecule has 0 unspecified atom stereocenters. The predicted molar refractivity (Wildman–Crippen MR) is 151 cm³/mol. The minimum atomic E-state index is -0.700. The molecule has 1 N–H and O–H groups in total. The van der Waals surface area contributed by atoms with Crippen LogP contribution in [0.1, 0.15) is 50.8 Å². The Kier molecular flexibility index (Phi) is 10.3. The molecule has 0 aliphatic rings. The van der Waals surface area contributed by atoms with Crippen molar-refractivity contribution in [1.82, 2.24) is 10.2 Å². The average molecular weight is 517 g/mol. The van der Waals surface area contributed by atoms with Crippen LogP contribution in [-0.4, -0.2) is 43.0 Å². The van der Waals surface area contributed by atoms with Gasteiger partial charge in [0.2, 0.25) is 5.91 Å². The van der Waals surface area contributed by atoms with Gasteiger partial charge in [-0.15, -0.1) is 0 Å². The topological polar surface area (TPSA) is 67.9 Å². The Bertz CT molecular complexity index is 1170.